The third kappa shape index (κ3) is 5.68. The number of benzene rings is 2. The summed E-state index contributed by atoms with van der Waals surface area (Å²) in [7, 11) is 0. The quantitative estimate of drug-likeness (QED) is 0.149. The molecule has 4 saturated carbocycles. The zero-order valence-corrected chi connectivity index (χ0v) is 29.3. The van der Waals surface area contributed by atoms with Gasteiger partial charge in [0.2, 0.25) is 0 Å². The standard InChI is InChI=1S/C40H42N4O5S/c1-3-39-16-24-13-25(17-39)19-40(18-24,21-39)44-37(46)32-7-5-27(34(42-32)38(47)48)28-15-33-30(35-26(8-10-49-33)9-11-50-35)14-29(28)36(45)43-31-6-4-23(20-41)12-22(31)2/h4-7,9,11-12,14-15,24-25H,3,8,10,13,16-21,41H2,1-2H3,(H,43,45)(H,44,46)(H,47,48). The van der Waals surface area contributed by atoms with Gasteiger partial charge < -0.3 is 26.2 Å². The predicted octanol–water partition coefficient (Wildman–Crippen LogP) is 7.61. The maximum atomic E-state index is 14.2. The number of anilines is 1. The summed E-state index contributed by atoms with van der Waals surface area (Å²) >= 11 is 1.58. The highest BCUT2D eigenvalue weighted by molar-refractivity contribution is 7.13. The number of carboxylic acid groups (broad SMARTS) is 1. The number of rotatable bonds is 8. The zero-order valence-electron chi connectivity index (χ0n) is 28.4. The average molecular weight is 691 g/mol. The van der Waals surface area contributed by atoms with Crippen LogP contribution in [0.2, 0.25) is 0 Å². The highest BCUT2D eigenvalue weighted by Crippen LogP contribution is 2.62. The number of fused-ring (bicyclic) bond motifs is 3. The maximum absolute atomic E-state index is 14.2. The first-order chi connectivity index (χ1) is 24.1. The second kappa shape index (κ2) is 12.3. The van der Waals surface area contributed by atoms with E-state index in [1.807, 2.05) is 30.5 Å². The Bertz CT molecular complexity index is 2040. The van der Waals surface area contributed by atoms with Crippen LogP contribution in [0.3, 0.4) is 0 Å². The molecule has 5 N–H and O–H groups in total. The summed E-state index contributed by atoms with van der Waals surface area (Å²) in [5.41, 5.74) is 10.8. The van der Waals surface area contributed by atoms with E-state index in [4.69, 9.17) is 10.5 Å². The number of nitrogens with two attached hydrogens (primary N) is 1. The number of ether oxygens (including phenoxy) is 1. The van der Waals surface area contributed by atoms with E-state index in [9.17, 15) is 19.5 Å². The van der Waals surface area contributed by atoms with Crippen molar-refractivity contribution in [1.82, 2.24) is 10.3 Å². The lowest BCUT2D eigenvalue weighted by Crippen LogP contribution is -2.63. The molecule has 4 bridgehead atoms. The van der Waals surface area contributed by atoms with Gasteiger partial charge in [-0.05, 0) is 121 Å². The van der Waals surface area contributed by atoms with Crippen LogP contribution >= 0.6 is 11.3 Å². The number of thiophene rings is 1. The van der Waals surface area contributed by atoms with Gasteiger partial charge in [0.05, 0.1) is 6.61 Å². The fourth-order valence-corrected chi connectivity index (χ4v) is 10.8. The summed E-state index contributed by atoms with van der Waals surface area (Å²) in [6.45, 7) is 5.00. The number of aromatic carboxylic acids is 1. The molecule has 2 atom stereocenters. The molecule has 3 heterocycles. The lowest BCUT2D eigenvalue weighted by atomic mass is 9.46. The molecule has 2 aromatic carbocycles. The van der Waals surface area contributed by atoms with Crippen LogP contribution in [0.4, 0.5) is 5.69 Å². The molecule has 2 aromatic heterocycles. The Kier molecular flexibility index (Phi) is 8.06. The first kappa shape index (κ1) is 32.7. The third-order valence-electron chi connectivity index (χ3n) is 11.7. The minimum absolute atomic E-state index is 0.0586. The summed E-state index contributed by atoms with van der Waals surface area (Å²) in [5.74, 6) is -0.241. The Hall–Kier alpha value is -4.54. The SMILES string of the molecule is CCC12CC3CC(C1)CC(NC(=O)c1ccc(-c4cc5c(cc4C(=O)Nc4ccc(CN)cc4C)-c4sccc4CCO5)c(C(=O)O)n1)(C3)C2. The lowest BCUT2D eigenvalue weighted by molar-refractivity contribution is -0.0795. The molecule has 5 aliphatic rings. The van der Waals surface area contributed by atoms with Gasteiger partial charge in [0, 0.05) is 51.3 Å². The van der Waals surface area contributed by atoms with Crippen LogP contribution in [0.15, 0.2) is 53.9 Å². The normalized spacial score (nSPS) is 24.5. The van der Waals surface area contributed by atoms with E-state index in [1.165, 1.54) is 19.3 Å². The van der Waals surface area contributed by atoms with Crippen LogP contribution in [0.25, 0.3) is 21.6 Å². The van der Waals surface area contributed by atoms with E-state index in [-0.39, 0.29) is 39.4 Å². The molecule has 9 nitrogen and oxygen atoms in total. The van der Waals surface area contributed by atoms with Crippen LogP contribution < -0.4 is 21.1 Å². The molecule has 50 heavy (non-hydrogen) atoms. The molecule has 9 rings (SSSR count). The van der Waals surface area contributed by atoms with Crippen molar-refractivity contribution in [2.75, 3.05) is 11.9 Å². The number of carbonyl (C=O) groups is 3. The molecule has 0 spiro atoms. The van der Waals surface area contributed by atoms with E-state index in [0.29, 0.717) is 48.4 Å². The molecule has 4 aliphatic carbocycles. The Balaban J connectivity index is 1.18. The van der Waals surface area contributed by atoms with Crippen molar-refractivity contribution in [3.63, 3.8) is 0 Å². The van der Waals surface area contributed by atoms with E-state index >= 15 is 0 Å². The third-order valence-corrected chi connectivity index (χ3v) is 12.7. The number of hydrogen-bond donors (Lipinski definition) is 4. The van der Waals surface area contributed by atoms with Gasteiger partial charge in [0.1, 0.15) is 11.4 Å². The van der Waals surface area contributed by atoms with Crippen molar-refractivity contribution >= 4 is 34.8 Å². The van der Waals surface area contributed by atoms with Crippen molar-refractivity contribution in [1.29, 1.82) is 0 Å². The van der Waals surface area contributed by atoms with Gasteiger partial charge in [-0.15, -0.1) is 11.3 Å². The zero-order chi connectivity index (χ0) is 34.8. The molecule has 2 amide bonds. The van der Waals surface area contributed by atoms with Crippen molar-refractivity contribution in [2.45, 2.75) is 77.3 Å². The average Bonchev–Trinajstić information content (AvgIpc) is 3.49. The smallest absolute Gasteiger partial charge is 0.355 e. The van der Waals surface area contributed by atoms with Crippen molar-refractivity contribution < 1.29 is 24.2 Å². The number of aromatic nitrogens is 1. The first-order valence-corrected chi connectivity index (χ1v) is 18.5. The molecule has 4 aromatic rings. The number of pyridine rings is 1. The van der Waals surface area contributed by atoms with Crippen LogP contribution in [0.1, 0.15) is 99.9 Å². The summed E-state index contributed by atoms with van der Waals surface area (Å²) < 4.78 is 6.19. The summed E-state index contributed by atoms with van der Waals surface area (Å²) in [4.78, 5) is 46.4. The molecular weight excluding hydrogens is 649 g/mol. The van der Waals surface area contributed by atoms with Gasteiger partial charge in [-0.25, -0.2) is 9.78 Å². The highest BCUT2D eigenvalue weighted by atomic mass is 32.1. The van der Waals surface area contributed by atoms with Crippen LogP contribution in [-0.4, -0.2) is 40.0 Å². The number of carboxylic acids is 1. The molecule has 258 valence electrons. The number of hydrogen-bond acceptors (Lipinski definition) is 7. The Morgan fingerprint density at radius 3 is 2.52 bits per heavy atom. The Morgan fingerprint density at radius 1 is 1.00 bits per heavy atom. The van der Waals surface area contributed by atoms with Crippen molar-refractivity contribution in [3.8, 4) is 27.3 Å². The van der Waals surface area contributed by atoms with E-state index in [1.54, 1.807) is 35.6 Å². The molecule has 4 fully saturated rings. The summed E-state index contributed by atoms with van der Waals surface area (Å²) in [5, 5.41) is 18.9. The number of nitrogens with one attached hydrogen (secondary N) is 2. The first-order valence-electron chi connectivity index (χ1n) is 17.6. The Labute approximate surface area is 295 Å². The monoisotopic (exact) mass is 690 g/mol. The van der Waals surface area contributed by atoms with E-state index in [2.05, 4.69) is 28.6 Å². The summed E-state index contributed by atoms with van der Waals surface area (Å²) in [6.07, 6.45) is 8.44. The minimum atomic E-state index is -1.29. The fraction of sp³-hybridized carbons (Fsp3) is 0.400. The molecule has 0 saturated heterocycles. The fourth-order valence-electron chi connectivity index (χ4n) is 9.79. The van der Waals surface area contributed by atoms with Gasteiger partial charge in [-0.1, -0.05) is 25.5 Å². The molecule has 2 unspecified atom stereocenters. The molecular formula is C40H42N4O5S. The van der Waals surface area contributed by atoms with E-state index in [0.717, 1.165) is 52.8 Å². The lowest BCUT2D eigenvalue weighted by Gasteiger charge is -2.62. The van der Waals surface area contributed by atoms with Gasteiger partial charge in [0.25, 0.3) is 11.8 Å². The van der Waals surface area contributed by atoms with E-state index < -0.39 is 11.9 Å². The minimum Gasteiger partial charge on any atom is -0.493 e. The number of aryl methyl sites for hydroxylation is 1. The molecule has 1 aliphatic heterocycles. The largest absolute Gasteiger partial charge is 0.493 e. The van der Waals surface area contributed by atoms with Crippen LogP contribution in [-0.2, 0) is 13.0 Å². The van der Waals surface area contributed by atoms with Gasteiger partial charge >= 0.3 is 5.97 Å². The maximum Gasteiger partial charge on any atom is 0.355 e. The number of nitrogens with zero attached hydrogens (tertiary/aromatic N) is 1. The number of amides is 2. The number of carbonyl (C=O) groups excluding carboxylic acids is 2. The van der Waals surface area contributed by atoms with Gasteiger partial charge in [0.15, 0.2) is 5.69 Å². The molecule has 10 heteroatoms. The van der Waals surface area contributed by atoms with Gasteiger partial charge in [-0.2, -0.15) is 0 Å². The summed E-state index contributed by atoms with van der Waals surface area (Å²) in [6, 6.07) is 14.4. The van der Waals surface area contributed by atoms with Crippen LogP contribution in [0, 0.1) is 24.2 Å². The second-order valence-electron chi connectivity index (χ2n) is 15.0. The Morgan fingerprint density at radius 2 is 1.80 bits per heavy atom. The predicted molar refractivity (Wildman–Crippen MR) is 194 cm³/mol. The highest BCUT2D eigenvalue weighted by Gasteiger charge is 2.57. The van der Waals surface area contributed by atoms with Gasteiger partial charge in [-0.3, -0.25) is 9.59 Å². The van der Waals surface area contributed by atoms with Crippen molar-refractivity contribution in [2.24, 2.45) is 23.0 Å². The second-order valence-corrected chi connectivity index (χ2v) is 15.9. The molecule has 0 radical (unpaired) electrons. The van der Waals surface area contributed by atoms with Crippen LogP contribution in [0.5, 0.6) is 5.75 Å². The topological polar surface area (TPSA) is 144 Å². The van der Waals surface area contributed by atoms with Crippen molar-refractivity contribution in [3.05, 3.63) is 87.6 Å².